The van der Waals surface area contributed by atoms with E-state index in [0.717, 1.165) is 19.3 Å². The molecule has 16 heavy (non-hydrogen) atoms. The molecule has 0 unspecified atom stereocenters. The molecule has 0 aliphatic heterocycles. The maximum atomic E-state index is 11.2. The second-order valence-electron chi connectivity index (χ2n) is 3.80. The highest BCUT2D eigenvalue weighted by molar-refractivity contribution is 7.85. The summed E-state index contributed by atoms with van der Waals surface area (Å²) in [7, 11) is -3.97. The summed E-state index contributed by atoms with van der Waals surface area (Å²) >= 11 is 0. The second kappa shape index (κ2) is 8.52. The zero-order chi connectivity index (χ0) is 12.4. The van der Waals surface area contributed by atoms with Gasteiger partial charge < -0.3 is 5.32 Å². The molecule has 0 aliphatic rings. The Morgan fingerprint density at radius 1 is 1.19 bits per heavy atom. The van der Waals surface area contributed by atoms with Crippen LogP contribution in [-0.4, -0.2) is 31.2 Å². The SMILES string of the molecule is CCCCCCCC(=O)NCCS(=O)(=O)O. The highest BCUT2D eigenvalue weighted by Crippen LogP contribution is 2.04. The van der Waals surface area contributed by atoms with Gasteiger partial charge >= 0.3 is 0 Å². The normalized spacial score (nSPS) is 11.4. The third kappa shape index (κ3) is 11.5. The highest BCUT2D eigenvalue weighted by Gasteiger charge is 2.05. The van der Waals surface area contributed by atoms with Crippen LogP contribution in [0.3, 0.4) is 0 Å². The minimum absolute atomic E-state index is 0.0212. The Balaban J connectivity index is 3.38. The molecule has 0 bridgehead atoms. The van der Waals surface area contributed by atoms with Gasteiger partial charge in [0.25, 0.3) is 10.1 Å². The molecule has 1 amide bonds. The van der Waals surface area contributed by atoms with Gasteiger partial charge in [0.05, 0.1) is 5.75 Å². The van der Waals surface area contributed by atoms with E-state index < -0.39 is 15.9 Å². The Labute approximate surface area is 97.4 Å². The van der Waals surface area contributed by atoms with Crippen LogP contribution in [0.15, 0.2) is 0 Å². The first-order chi connectivity index (χ1) is 7.45. The lowest BCUT2D eigenvalue weighted by Crippen LogP contribution is -2.28. The van der Waals surface area contributed by atoms with Gasteiger partial charge in [-0.05, 0) is 6.42 Å². The van der Waals surface area contributed by atoms with Crippen molar-refractivity contribution in [2.24, 2.45) is 0 Å². The Hall–Kier alpha value is -0.620. The number of carbonyl (C=O) groups excluding carboxylic acids is 1. The molecule has 0 rings (SSSR count). The van der Waals surface area contributed by atoms with E-state index >= 15 is 0 Å². The Morgan fingerprint density at radius 3 is 2.38 bits per heavy atom. The molecule has 0 atom stereocenters. The molecule has 0 heterocycles. The number of amides is 1. The van der Waals surface area contributed by atoms with Crippen molar-refractivity contribution in [3.63, 3.8) is 0 Å². The van der Waals surface area contributed by atoms with Crippen LogP contribution in [0.2, 0.25) is 0 Å². The predicted octanol–water partition coefficient (Wildman–Crippen LogP) is 1.35. The maximum absolute atomic E-state index is 11.2. The number of hydrogen-bond acceptors (Lipinski definition) is 3. The largest absolute Gasteiger partial charge is 0.355 e. The average molecular weight is 251 g/mol. The van der Waals surface area contributed by atoms with Crippen LogP contribution in [0.4, 0.5) is 0 Å². The van der Waals surface area contributed by atoms with Crippen molar-refractivity contribution in [2.75, 3.05) is 12.3 Å². The van der Waals surface area contributed by atoms with E-state index in [1.165, 1.54) is 12.8 Å². The monoisotopic (exact) mass is 251 g/mol. The van der Waals surface area contributed by atoms with E-state index in [1.54, 1.807) is 0 Å². The van der Waals surface area contributed by atoms with Crippen LogP contribution in [-0.2, 0) is 14.9 Å². The van der Waals surface area contributed by atoms with Crippen molar-refractivity contribution in [3.8, 4) is 0 Å². The highest BCUT2D eigenvalue weighted by atomic mass is 32.2. The van der Waals surface area contributed by atoms with Gasteiger partial charge in [-0.15, -0.1) is 0 Å². The van der Waals surface area contributed by atoms with Gasteiger partial charge in [-0.2, -0.15) is 8.42 Å². The summed E-state index contributed by atoms with van der Waals surface area (Å²) in [4.78, 5) is 11.2. The smallest absolute Gasteiger partial charge is 0.266 e. The summed E-state index contributed by atoms with van der Waals surface area (Å²) in [5.41, 5.74) is 0. The fraction of sp³-hybridized carbons (Fsp3) is 0.900. The second-order valence-corrected chi connectivity index (χ2v) is 5.37. The molecule has 2 N–H and O–H groups in total. The molecule has 0 aromatic heterocycles. The van der Waals surface area contributed by atoms with Crippen LogP contribution in [0, 0.1) is 0 Å². The van der Waals surface area contributed by atoms with Crippen molar-refractivity contribution in [2.45, 2.75) is 45.4 Å². The lowest BCUT2D eigenvalue weighted by Gasteiger charge is -2.03. The lowest BCUT2D eigenvalue weighted by atomic mass is 10.1. The van der Waals surface area contributed by atoms with E-state index in [9.17, 15) is 13.2 Å². The van der Waals surface area contributed by atoms with Crippen molar-refractivity contribution in [1.29, 1.82) is 0 Å². The van der Waals surface area contributed by atoms with E-state index in [1.807, 2.05) is 0 Å². The molecular weight excluding hydrogens is 230 g/mol. The van der Waals surface area contributed by atoms with Crippen molar-refractivity contribution < 1.29 is 17.8 Å². The summed E-state index contributed by atoms with van der Waals surface area (Å²) in [6, 6.07) is 0. The zero-order valence-corrected chi connectivity index (χ0v) is 10.6. The van der Waals surface area contributed by atoms with Crippen molar-refractivity contribution in [3.05, 3.63) is 0 Å². The van der Waals surface area contributed by atoms with Gasteiger partial charge in [-0.1, -0.05) is 32.6 Å². The van der Waals surface area contributed by atoms with Gasteiger partial charge in [0.15, 0.2) is 0 Å². The van der Waals surface area contributed by atoms with E-state index in [4.69, 9.17) is 4.55 Å². The first-order valence-corrected chi connectivity index (χ1v) is 7.28. The number of nitrogens with one attached hydrogen (secondary N) is 1. The predicted molar refractivity (Wildman–Crippen MR) is 62.8 cm³/mol. The number of hydrogen-bond donors (Lipinski definition) is 2. The summed E-state index contributed by atoms with van der Waals surface area (Å²) in [5.74, 6) is -0.575. The molecule has 0 spiro atoms. The molecule has 5 nitrogen and oxygen atoms in total. The van der Waals surface area contributed by atoms with E-state index in [-0.39, 0.29) is 12.5 Å². The number of unbranched alkanes of at least 4 members (excludes halogenated alkanes) is 4. The zero-order valence-electron chi connectivity index (χ0n) is 9.74. The first-order valence-electron chi connectivity index (χ1n) is 5.67. The Morgan fingerprint density at radius 2 is 1.81 bits per heavy atom. The first kappa shape index (κ1) is 15.4. The van der Waals surface area contributed by atoms with Crippen LogP contribution >= 0.6 is 0 Å². The summed E-state index contributed by atoms with van der Waals surface area (Å²) in [6.07, 6.45) is 5.77. The Kier molecular flexibility index (Phi) is 8.19. The van der Waals surface area contributed by atoms with Gasteiger partial charge in [0.2, 0.25) is 5.91 Å². The number of rotatable bonds is 9. The molecule has 0 aliphatic carbocycles. The topological polar surface area (TPSA) is 83.5 Å². The Bertz CT molecular complexity index is 287. The van der Waals surface area contributed by atoms with Crippen LogP contribution in [0.25, 0.3) is 0 Å². The molecule has 0 aromatic rings. The quantitative estimate of drug-likeness (QED) is 0.478. The molecule has 0 saturated carbocycles. The maximum Gasteiger partial charge on any atom is 0.266 e. The van der Waals surface area contributed by atoms with Gasteiger partial charge in [0.1, 0.15) is 0 Å². The van der Waals surface area contributed by atoms with Gasteiger partial charge in [0, 0.05) is 13.0 Å². The van der Waals surface area contributed by atoms with Gasteiger partial charge in [-0.25, -0.2) is 0 Å². The standard InChI is InChI=1S/C10H21NO4S/c1-2-3-4-5-6-7-10(12)11-8-9-16(13,14)15/h2-9H2,1H3,(H,11,12)(H,13,14,15). The third-order valence-electron chi connectivity index (χ3n) is 2.19. The van der Waals surface area contributed by atoms with Crippen LogP contribution < -0.4 is 5.32 Å². The van der Waals surface area contributed by atoms with Gasteiger partial charge in [-0.3, -0.25) is 9.35 Å². The summed E-state index contributed by atoms with van der Waals surface area (Å²) in [6.45, 7) is 2.11. The minimum atomic E-state index is -3.97. The molecule has 0 saturated heterocycles. The minimum Gasteiger partial charge on any atom is -0.355 e. The van der Waals surface area contributed by atoms with Crippen molar-refractivity contribution >= 4 is 16.0 Å². The number of carbonyl (C=O) groups is 1. The summed E-state index contributed by atoms with van der Waals surface area (Å²) in [5, 5.41) is 2.45. The molecule has 0 radical (unpaired) electrons. The fourth-order valence-corrected chi connectivity index (χ4v) is 1.66. The molecule has 0 fully saturated rings. The van der Waals surface area contributed by atoms with Crippen LogP contribution in [0.5, 0.6) is 0 Å². The van der Waals surface area contributed by atoms with E-state index in [2.05, 4.69) is 12.2 Å². The van der Waals surface area contributed by atoms with E-state index in [0.29, 0.717) is 6.42 Å². The van der Waals surface area contributed by atoms with Crippen molar-refractivity contribution in [1.82, 2.24) is 5.32 Å². The molecular formula is C10H21NO4S. The van der Waals surface area contributed by atoms with Crippen LogP contribution in [0.1, 0.15) is 45.4 Å². The fourth-order valence-electron chi connectivity index (χ4n) is 1.30. The average Bonchev–Trinajstić information content (AvgIpc) is 2.15. The summed E-state index contributed by atoms with van der Waals surface area (Å²) < 4.78 is 29.1. The molecule has 0 aromatic carbocycles. The lowest BCUT2D eigenvalue weighted by molar-refractivity contribution is -0.121. The molecule has 6 heteroatoms. The molecule has 96 valence electrons. The third-order valence-corrected chi connectivity index (χ3v) is 2.91.